The van der Waals surface area contributed by atoms with Crippen molar-refractivity contribution in [2.24, 2.45) is 0 Å². The van der Waals surface area contributed by atoms with Crippen LogP contribution in [-0.2, 0) is 25.2 Å². The second kappa shape index (κ2) is 16.4. The van der Waals surface area contributed by atoms with Crippen LogP contribution in [0.15, 0.2) is 73.2 Å². The second-order valence-corrected chi connectivity index (χ2v) is 18.7. The number of aromatic nitrogens is 5. The Morgan fingerprint density at radius 3 is 2.46 bits per heavy atom. The van der Waals surface area contributed by atoms with Crippen LogP contribution in [0.25, 0.3) is 22.3 Å². The van der Waals surface area contributed by atoms with Gasteiger partial charge < -0.3 is 20.5 Å². The molecule has 3 atom stereocenters. The zero-order valence-electron chi connectivity index (χ0n) is 33.9. The maximum Gasteiger partial charge on any atom is 0.251 e. The molecule has 0 radical (unpaired) electrons. The van der Waals surface area contributed by atoms with Crippen LogP contribution in [0.1, 0.15) is 67.3 Å². The summed E-state index contributed by atoms with van der Waals surface area (Å²) in [4.78, 5) is 54.7. The Kier molecular flexibility index (Phi) is 10.8. The first-order valence-corrected chi connectivity index (χ1v) is 22.5. The lowest BCUT2D eigenvalue weighted by molar-refractivity contribution is -0.134. The lowest BCUT2D eigenvalue weighted by Gasteiger charge is -2.47. The maximum atomic E-state index is 13.1. The quantitative estimate of drug-likeness (QED) is 0.0928. The number of carbonyl (C=O) groups is 3. The van der Waals surface area contributed by atoms with Gasteiger partial charge in [0.05, 0.1) is 36.1 Å². The molecule has 4 aliphatic heterocycles. The predicted octanol–water partition coefficient (Wildman–Crippen LogP) is 3.83. The van der Waals surface area contributed by atoms with E-state index in [1.165, 1.54) is 4.31 Å². The number of fused-ring (bicyclic) bond motifs is 3. The molecule has 3 aromatic heterocycles. The number of H-pyrrole nitrogens is 1. The number of amides is 3. The highest BCUT2D eigenvalue weighted by molar-refractivity contribution is 7.89. The van der Waals surface area contributed by atoms with Gasteiger partial charge in [0.1, 0.15) is 11.2 Å². The van der Waals surface area contributed by atoms with Crippen LogP contribution in [0.2, 0.25) is 0 Å². The number of imide groups is 1. The van der Waals surface area contributed by atoms with Gasteiger partial charge in [0, 0.05) is 98.1 Å². The zero-order valence-corrected chi connectivity index (χ0v) is 34.7. The molecule has 4 N–H and O–H groups in total. The van der Waals surface area contributed by atoms with Gasteiger partial charge in [0.2, 0.25) is 27.8 Å². The van der Waals surface area contributed by atoms with E-state index in [-0.39, 0.29) is 48.9 Å². The lowest BCUT2D eigenvalue weighted by atomic mass is 9.89. The summed E-state index contributed by atoms with van der Waals surface area (Å²) in [6.07, 6.45) is 9.43. The van der Waals surface area contributed by atoms with Gasteiger partial charge >= 0.3 is 0 Å². The smallest absolute Gasteiger partial charge is 0.251 e. The van der Waals surface area contributed by atoms with E-state index >= 15 is 0 Å². The molecule has 4 aliphatic rings. The van der Waals surface area contributed by atoms with Crippen LogP contribution < -0.4 is 20.9 Å². The number of anilines is 3. The first-order chi connectivity index (χ1) is 29.5. The number of piperazine rings is 1. The summed E-state index contributed by atoms with van der Waals surface area (Å²) in [7, 11) is -3.38. The molecule has 3 unspecified atom stereocenters. The predicted molar refractivity (Wildman–Crippen MR) is 228 cm³/mol. The summed E-state index contributed by atoms with van der Waals surface area (Å²) in [5.41, 5.74) is 4.51. The zero-order chi connectivity index (χ0) is 42.3. The monoisotopic (exact) mass is 844 g/mol. The molecule has 18 heteroatoms. The normalized spacial score (nSPS) is 21.5. The molecule has 5 aromatic rings. The van der Waals surface area contributed by atoms with E-state index in [1.54, 1.807) is 42.3 Å². The number of nitriles is 1. The summed E-state index contributed by atoms with van der Waals surface area (Å²) >= 11 is 0. The van der Waals surface area contributed by atoms with Crippen LogP contribution >= 0.6 is 0 Å². The van der Waals surface area contributed by atoms with Crippen LogP contribution in [0.5, 0.6) is 0 Å². The highest BCUT2D eigenvalue weighted by Gasteiger charge is 2.50. The fraction of sp³-hybridized carbons (Fsp3) is 0.419. The minimum Gasteiger partial charge on any atom is -0.368 e. The van der Waals surface area contributed by atoms with Crippen molar-refractivity contribution in [3.8, 4) is 17.3 Å². The first kappa shape index (κ1) is 40.3. The summed E-state index contributed by atoms with van der Waals surface area (Å²) in [6, 6.07) is 20.4. The molecule has 316 valence electrons. The Morgan fingerprint density at radius 2 is 1.75 bits per heavy atom. The Bertz CT molecular complexity index is 2600. The highest BCUT2D eigenvalue weighted by Crippen LogP contribution is 2.37. The number of aromatic amines is 1. The Morgan fingerprint density at radius 1 is 1.00 bits per heavy atom. The molecule has 7 heterocycles. The molecular formula is C43H48N12O5S. The average Bonchev–Trinajstić information content (AvgIpc) is 3.99. The van der Waals surface area contributed by atoms with Crippen LogP contribution in [0.3, 0.4) is 0 Å². The van der Waals surface area contributed by atoms with Gasteiger partial charge in [0.15, 0.2) is 0 Å². The Balaban J connectivity index is 0.771. The molecule has 2 bridgehead atoms. The number of sulfonamides is 1. The third-order valence-electron chi connectivity index (χ3n) is 12.7. The van der Waals surface area contributed by atoms with Gasteiger partial charge in [-0.25, -0.2) is 13.4 Å². The van der Waals surface area contributed by atoms with Gasteiger partial charge in [-0.05, 0) is 80.6 Å². The molecule has 61 heavy (non-hydrogen) atoms. The standard InChI is InChI=1S/C43H48N12O5S/c1-2-61(59,60)53-26-43(27-53,17-18-44)55-23-30(22-47-55)38-36-16-20-45-39(36)51-42(50-38)48-31-8-4-29(5-9-31)40(57)46-19-3-21-54-33-12-13-34(54)25-52(24-33)32-10-6-28(7-11-32)35-14-15-37(56)49-41(35)58/h4-11,16,20,22-23,33-35H,2-3,12-15,17,19,21,24-27H2,1H3,(H,46,57)(H,49,56,58)(H2,45,48,50,51). The van der Waals surface area contributed by atoms with Crippen LogP contribution in [0.4, 0.5) is 17.3 Å². The molecule has 3 amide bonds. The van der Waals surface area contributed by atoms with Crippen molar-refractivity contribution in [1.82, 2.24) is 44.6 Å². The fourth-order valence-electron chi connectivity index (χ4n) is 9.29. The summed E-state index contributed by atoms with van der Waals surface area (Å²) in [5.74, 6) is -0.499. The van der Waals surface area contributed by atoms with E-state index in [2.05, 4.69) is 59.0 Å². The molecule has 17 nitrogen and oxygen atoms in total. The molecule has 9 rings (SSSR count). The Hall–Kier alpha value is -6.16. The van der Waals surface area contributed by atoms with Crippen LogP contribution in [0, 0.1) is 11.3 Å². The summed E-state index contributed by atoms with van der Waals surface area (Å²) < 4.78 is 28.0. The van der Waals surface area contributed by atoms with E-state index in [0.29, 0.717) is 65.6 Å². The second-order valence-electron chi connectivity index (χ2n) is 16.5. The lowest BCUT2D eigenvalue weighted by Crippen LogP contribution is -2.64. The van der Waals surface area contributed by atoms with Crippen molar-refractivity contribution in [2.45, 2.75) is 69.0 Å². The van der Waals surface area contributed by atoms with Gasteiger partial charge in [0.25, 0.3) is 5.91 Å². The molecule has 0 spiro atoms. The third kappa shape index (κ3) is 7.96. The number of piperidine rings is 1. The molecular weight excluding hydrogens is 797 g/mol. The molecule has 0 aliphatic carbocycles. The van der Waals surface area contributed by atoms with Crippen molar-refractivity contribution in [1.29, 1.82) is 5.26 Å². The van der Waals surface area contributed by atoms with Gasteiger partial charge in [-0.2, -0.15) is 19.6 Å². The number of hydrogen-bond donors (Lipinski definition) is 4. The largest absolute Gasteiger partial charge is 0.368 e. The Labute approximate surface area is 353 Å². The molecule has 0 saturated carbocycles. The summed E-state index contributed by atoms with van der Waals surface area (Å²) in [5, 5.41) is 23.7. The van der Waals surface area contributed by atoms with Gasteiger partial charge in [-0.15, -0.1) is 0 Å². The highest BCUT2D eigenvalue weighted by atomic mass is 32.2. The van der Waals surface area contributed by atoms with E-state index in [0.717, 1.165) is 55.5 Å². The molecule has 4 saturated heterocycles. The van der Waals surface area contributed by atoms with E-state index in [1.807, 2.05) is 30.3 Å². The molecule has 2 aromatic carbocycles. The SMILES string of the molecule is CCS(=O)(=O)N1CC(CC#N)(n2cc(-c3nc(Nc4ccc(C(=O)NCCCN5C6CCC5CN(c5ccc(C7CCC(=O)NC7=O)cc5)C6)cc4)nc4[nH]ccc34)cn2)C1. The van der Waals surface area contributed by atoms with E-state index in [4.69, 9.17) is 4.98 Å². The average molecular weight is 845 g/mol. The first-order valence-electron chi connectivity index (χ1n) is 20.9. The maximum absolute atomic E-state index is 13.1. The number of hydrogen-bond acceptors (Lipinski definition) is 12. The number of rotatable bonds is 14. The minimum atomic E-state index is -3.38. The summed E-state index contributed by atoms with van der Waals surface area (Å²) in [6.45, 7) is 5.32. The van der Waals surface area contributed by atoms with Gasteiger partial charge in [-0.3, -0.25) is 29.3 Å². The number of carbonyl (C=O) groups excluding carboxylic acids is 3. The minimum absolute atomic E-state index is 0.00354. The van der Waals surface area contributed by atoms with Crippen LogP contribution in [-0.4, -0.2) is 117 Å². The van der Waals surface area contributed by atoms with E-state index in [9.17, 15) is 28.1 Å². The number of benzene rings is 2. The van der Waals surface area contributed by atoms with Crippen molar-refractivity contribution in [3.05, 3.63) is 84.3 Å². The van der Waals surface area contributed by atoms with E-state index < -0.39 is 15.6 Å². The fourth-order valence-corrected chi connectivity index (χ4v) is 10.5. The van der Waals surface area contributed by atoms with Crippen molar-refractivity contribution < 1.29 is 22.8 Å². The van der Waals surface area contributed by atoms with Crippen molar-refractivity contribution >= 4 is 56.1 Å². The van der Waals surface area contributed by atoms with Crippen molar-refractivity contribution in [3.63, 3.8) is 0 Å². The number of nitrogens with one attached hydrogen (secondary N) is 4. The van der Waals surface area contributed by atoms with Gasteiger partial charge in [-0.1, -0.05) is 12.1 Å². The number of nitrogens with zero attached hydrogens (tertiary/aromatic N) is 8. The third-order valence-corrected chi connectivity index (χ3v) is 14.5. The topological polar surface area (TPSA) is 214 Å². The molecule has 4 fully saturated rings. The van der Waals surface area contributed by atoms with Crippen molar-refractivity contribution in [2.75, 3.05) is 55.2 Å².